The molecule has 1 aliphatic rings. The third-order valence-corrected chi connectivity index (χ3v) is 3.83. The number of nitrogens with one attached hydrogen (secondary N) is 1. The number of hydrogen-bond acceptors (Lipinski definition) is 6. The molecule has 0 fully saturated rings. The molecule has 2 aromatic rings. The van der Waals surface area contributed by atoms with Gasteiger partial charge in [0.1, 0.15) is 5.51 Å². The molecule has 1 atom stereocenters. The Morgan fingerprint density at radius 3 is 2.82 bits per heavy atom. The van der Waals surface area contributed by atoms with Crippen molar-refractivity contribution in [1.82, 2.24) is 15.2 Å². The first-order chi connectivity index (χ1) is 10.6. The van der Waals surface area contributed by atoms with E-state index in [0.717, 1.165) is 5.56 Å². The van der Waals surface area contributed by atoms with Crippen LogP contribution in [0, 0.1) is 5.92 Å². The number of anilines is 1. The largest absolute Gasteiger partial charge is 0.299 e. The number of carbonyl (C=O) groups is 2. The molecule has 0 saturated heterocycles. The fourth-order valence-electron chi connectivity index (χ4n) is 2.20. The van der Waals surface area contributed by atoms with Gasteiger partial charge in [0.2, 0.25) is 11.0 Å². The maximum Gasteiger partial charge on any atom is 0.261 e. The van der Waals surface area contributed by atoms with E-state index < -0.39 is 11.8 Å². The average molecular weight is 315 g/mol. The van der Waals surface area contributed by atoms with Crippen LogP contribution in [-0.2, 0) is 16.1 Å². The van der Waals surface area contributed by atoms with E-state index in [0.29, 0.717) is 17.4 Å². The van der Waals surface area contributed by atoms with Gasteiger partial charge in [0.15, 0.2) is 5.92 Å². The molecule has 0 bridgehead atoms. The first-order valence-electron chi connectivity index (χ1n) is 6.62. The Morgan fingerprint density at radius 2 is 2.14 bits per heavy atom. The quantitative estimate of drug-likeness (QED) is 0.866. The smallest absolute Gasteiger partial charge is 0.261 e. The van der Waals surface area contributed by atoms with Crippen molar-refractivity contribution < 1.29 is 9.59 Å². The molecule has 1 aromatic carbocycles. The molecule has 1 N–H and O–H groups in total. The first kappa shape index (κ1) is 14.3. The lowest BCUT2D eigenvalue weighted by Crippen LogP contribution is -2.36. The Labute approximate surface area is 130 Å². The second-order valence-electron chi connectivity index (χ2n) is 4.79. The van der Waals surface area contributed by atoms with Crippen LogP contribution in [-0.4, -0.2) is 32.7 Å². The summed E-state index contributed by atoms with van der Waals surface area (Å²) in [4.78, 5) is 24.6. The molecule has 2 amide bonds. The summed E-state index contributed by atoms with van der Waals surface area (Å²) in [6.07, 6.45) is 0. The van der Waals surface area contributed by atoms with Crippen molar-refractivity contribution in [2.75, 3.05) is 5.32 Å². The molecular formula is C14H13N5O2S. The molecule has 0 aliphatic carbocycles. The van der Waals surface area contributed by atoms with E-state index in [1.54, 1.807) is 6.92 Å². The van der Waals surface area contributed by atoms with Crippen LogP contribution in [0.5, 0.6) is 0 Å². The van der Waals surface area contributed by atoms with Gasteiger partial charge in [-0.1, -0.05) is 41.7 Å². The van der Waals surface area contributed by atoms with E-state index in [1.165, 1.54) is 21.9 Å². The lowest BCUT2D eigenvalue weighted by Gasteiger charge is -2.13. The lowest BCUT2D eigenvalue weighted by molar-refractivity contribution is -0.136. The molecule has 0 saturated carbocycles. The summed E-state index contributed by atoms with van der Waals surface area (Å²) < 4.78 is 0. The molecule has 2 heterocycles. The predicted molar refractivity (Wildman–Crippen MR) is 82.1 cm³/mol. The Balaban J connectivity index is 1.71. The molecule has 1 aromatic heterocycles. The molecule has 0 radical (unpaired) electrons. The van der Waals surface area contributed by atoms with Crippen LogP contribution < -0.4 is 5.32 Å². The average Bonchev–Trinajstić information content (AvgIpc) is 3.09. The summed E-state index contributed by atoms with van der Waals surface area (Å²) in [6.45, 7) is 2.02. The van der Waals surface area contributed by atoms with Crippen molar-refractivity contribution in [2.45, 2.75) is 13.5 Å². The number of amides is 2. The highest BCUT2D eigenvalue weighted by Gasteiger charge is 2.39. The van der Waals surface area contributed by atoms with Gasteiger partial charge in [0.25, 0.3) is 5.91 Å². The maximum atomic E-state index is 12.4. The monoisotopic (exact) mass is 315 g/mol. The zero-order valence-electron chi connectivity index (χ0n) is 11.8. The van der Waals surface area contributed by atoms with Crippen LogP contribution in [0.1, 0.15) is 12.5 Å². The second kappa shape index (κ2) is 6.02. The third kappa shape index (κ3) is 2.86. The Hall–Kier alpha value is -2.61. The van der Waals surface area contributed by atoms with Crippen LogP contribution in [0.2, 0.25) is 0 Å². The number of hydrazone groups is 1. The fraction of sp³-hybridized carbons (Fsp3) is 0.214. The van der Waals surface area contributed by atoms with Crippen LogP contribution in [0.3, 0.4) is 0 Å². The van der Waals surface area contributed by atoms with E-state index in [2.05, 4.69) is 20.6 Å². The summed E-state index contributed by atoms with van der Waals surface area (Å²) in [5.74, 6) is -1.67. The van der Waals surface area contributed by atoms with Crippen LogP contribution in [0.15, 0.2) is 40.9 Å². The number of rotatable bonds is 4. The summed E-state index contributed by atoms with van der Waals surface area (Å²) in [5, 5.41) is 15.9. The van der Waals surface area contributed by atoms with Crippen molar-refractivity contribution in [3.05, 3.63) is 41.4 Å². The normalized spacial score (nSPS) is 17.5. The van der Waals surface area contributed by atoms with E-state index in [-0.39, 0.29) is 5.91 Å². The van der Waals surface area contributed by atoms with Gasteiger partial charge < -0.3 is 0 Å². The number of hydrogen-bond donors (Lipinski definition) is 1. The summed E-state index contributed by atoms with van der Waals surface area (Å²) in [5.41, 5.74) is 2.94. The minimum atomic E-state index is -0.910. The molecule has 0 unspecified atom stereocenters. The fourth-order valence-corrected chi connectivity index (χ4v) is 2.65. The first-order valence-corrected chi connectivity index (χ1v) is 7.50. The zero-order chi connectivity index (χ0) is 15.5. The standard InChI is InChI=1S/C14H13N5O2S/c1-9-11(12(20)16-14-17-15-8-22-14)13(21)19(18-9)7-10-5-3-2-4-6-10/h2-6,8,11H,7H2,1H3,(H,16,17,20)/t11-/m0/s1. The molecule has 8 heteroatoms. The van der Waals surface area contributed by atoms with Gasteiger partial charge in [0, 0.05) is 0 Å². The maximum absolute atomic E-state index is 12.4. The minimum absolute atomic E-state index is 0.330. The van der Waals surface area contributed by atoms with Crippen molar-refractivity contribution in [3.63, 3.8) is 0 Å². The second-order valence-corrected chi connectivity index (χ2v) is 5.62. The molecule has 0 spiro atoms. The molecular weight excluding hydrogens is 302 g/mol. The Bertz CT molecular complexity index is 714. The van der Waals surface area contributed by atoms with E-state index in [1.807, 2.05) is 30.3 Å². The van der Waals surface area contributed by atoms with Gasteiger partial charge in [-0.3, -0.25) is 14.9 Å². The highest BCUT2D eigenvalue weighted by Crippen LogP contribution is 2.20. The molecule has 1 aliphatic heterocycles. The van der Waals surface area contributed by atoms with Gasteiger partial charge in [-0.05, 0) is 12.5 Å². The summed E-state index contributed by atoms with van der Waals surface area (Å²) in [7, 11) is 0. The van der Waals surface area contributed by atoms with E-state index in [4.69, 9.17) is 0 Å². The summed E-state index contributed by atoms with van der Waals surface area (Å²) >= 11 is 1.20. The van der Waals surface area contributed by atoms with Crippen molar-refractivity contribution in [3.8, 4) is 0 Å². The Morgan fingerprint density at radius 1 is 1.36 bits per heavy atom. The van der Waals surface area contributed by atoms with Gasteiger partial charge in [-0.15, -0.1) is 10.2 Å². The van der Waals surface area contributed by atoms with Gasteiger partial charge in [-0.2, -0.15) is 5.10 Å². The van der Waals surface area contributed by atoms with E-state index in [9.17, 15) is 9.59 Å². The number of carbonyl (C=O) groups excluding carboxylic acids is 2. The van der Waals surface area contributed by atoms with Crippen LogP contribution >= 0.6 is 11.3 Å². The topological polar surface area (TPSA) is 87.5 Å². The van der Waals surface area contributed by atoms with Gasteiger partial charge in [0.05, 0.1) is 12.3 Å². The number of aromatic nitrogens is 2. The van der Waals surface area contributed by atoms with Crippen LogP contribution in [0.4, 0.5) is 5.13 Å². The highest BCUT2D eigenvalue weighted by molar-refractivity contribution is 7.13. The lowest BCUT2D eigenvalue weighted by atomic mass is 10.0. The molecule has 3 rings (SSSR count). The highest BCUT2D eigenvalue weighted by atomic mass is 32.1. The third-order valence-electron chi connectivity index (χ3n) is 3.23. The van der Waals surface area contributed by atoms with Gasteiger partial charge in [-0.25, -0.2) is 5.01 Å². The number of nitrogens with zero attached hydrogens (tertiary/aromatic N) is 4. The molecule has 7 nitrogen and oxygen atoms in total. The van der Waals surface area contributed by atoms with Crippen molar-refractivity contribution in [2.24, 2.45) is 11.0 Å². The molecule has 22 heavy (non-hydrogen) atoms. The zero-order valence-corrected chi connectivity index (χ0v) is 12.6. The predicted octanol–water partition coefficient (Wildman–Crippen LogP) is 1.51. The summed E-state index contributed by atoms with van der Waals surface area (Å²) in [6, 6.07) is 9.51. The van der Waals surface area contributed by atoms with E-state index >= 15 is 0 Å². The van der Waals surface area contributed by atoms with Crippen LogP contribution in [0.25, 0.3) is 0 Å². The SMILES string of the molecule is CC1=NN(Cc2ccccc2)C(=O)[C@@H]1C(=O)Nc1nncs1. The van der Waals surface area contributed by atoms with Crippen molar-refractivity contribution in [1.29, 1.82) is 0 Å². The van der Waals surface area contributed by atoms with Gasteiger partial charge >= 0.3 is 0 Å². The van der Waals surface area contributed by atoms with Crippen molar-refractivity contribution >= 4 is 34.0 Å². The Kier molecular flexibility index (Phi) is 3.92. The minimum Gasteiger partial charge on any atom is -0.299 e. The number of benzene rings is 1. The molecule has 112 valence electrons.